The minimum Gasteiger partial charge on any atom is -0.508 e. The summed E-state index contributed by atoms with van der Waals surface area (Å²) in [5.74, 6) is 0.223. The molecule has 0 atom stereocenters. The van der Waals surface area contributed by atoms with Crippen LogP contribution in [0.15, 0.2) is 59.2 Å². The maximum absolute atomic E-state index is 9.63. The fourth-order valence-corrected chi connectivity index (χ4v) is 1.91. The van der Waals surface area contributed by atoms with Crippen LogP contribution in [0.3, 0.4) is 0 Å². The Morgan fingerprint density at radius 1 is 0.938 bits per heavy atom. The van der Waals surface area contributed by atoms with Gasteiger partial charge in [0.2, 0.25) is 0 Å². The zero-order chi connectivity index (χ0) is 11.0. The first-order chi connectivity index (χ1) is 7.84. The Bertz CT molecular complexity index is 624. The zero-order valence-electron chi connectivity index (χ0n) is 8.55. The van der Waals surface area contributed by atoms with E-state index in [4.69, 9.17) is 4.42 Å². The first-order valence-corrected chi connectivity index (χ1v) is 5.10. The molecule has 0 amide bonds. The third kappa shape index (κ3) is 1.36. The predicted octanol–water partition coefficient (Wildman–Crippen LogP) is 3.81. The van der Waals surface area contributed by atoms with Crippen molar-refractivity contribution in [3.63, 3.8) is 0 Å². The summed E-state index contributed by atoms with van der Waals surface area (Å²) in [6.45, 7) is 0. The van der Waals surface area contributed by atoms with E-state index in [2.05, 4.69) is 0 Å². The quantitative estimate of drug-likeness (QED) is 0.662. The Hall–Kier alpha value is -2.22. The van der Waals surface area contributed by atoms with Gasteiger partial charge in [0.1, 0.15) is 11.3 Å². The predicted molar refractivity (Wildman–Crippen MR) is 63.3 cm³/mol. The van der Waals surface area contributed by atoms with Gasteiger partial charge in [-0.05, 0) is 23.3 Å². The number of aromatic hydroxyl groups is 1. The molecule has 16 heavy (non-hydrogen) atoms. The molecule has 1 aromatic heterocycles. The molecule has 0 saturated heterocycles. The van der Waals surface area contributed by atoms with E-state index in [0.717, 1.165) is 16.5 Å². The van der Waals surface area contributed by atoms with E-state index in [9.17, 15) is 5.11 Å². The van der Waals surface area contributed by atoms with Gasteiger partial charge in [-0.2, -0.15) is 0 Å². The summed E-state index contributed by atoms with van der Waals surface area (Å²) in [5, 5.41) is 10.6. The van der Waals surface area contributed by atoms with Crippen molar-refractivity contribution in [2.45, 2.75) is 0 Å². The van der Waals surface area contributed by atoms with Crippen molar-refractivity contribution in [1.82, 2.24) is 0 Å². The SMILES string of the molecule is Oc1cc(-c2ccccc2)c2ccoc2c1. The van der Waals surface area contributed by atoms with Crippen molar-refractivity contribution in [1.29, 1.82) is 0 Å². The van der Waals surface area contributed by atoms with Crippen LogP contribution in [0, 0.1) is 0 Å². The smallest absolute Gasteiger partial charge is 0.138 e. The number of furan rings is 1. The molecule has 0 aliphatic rings. The van der Waals surface area contributed by atoms with E-state index in [-0.39, 0.29) is 5.75 Å². The van der Waals surface area contributed by atoms with Crippen LogP contribution in [-0.4, -0.2) is 5.11 Å². The molecule has 2 aromatic carbocycles. The Labute approximate surface area is 92.8 Å². The Kier molecular flexibility index (Phi) is 1.93. The molecule has 0 spiro atoms. The first kappa shape index (κ1) is 9.04. The van der Waals surface area contributed by atoms with Crippen LogP contribution in [0.25, 0.3) is 22.1 Å². The second kappa shape index (κ2) is 3.42. The highest BCUT2D eigenvalue weighted by Crippen LogP contribution is 2.32. The number of hydrogen-bond donors (Lipinski definition) is 1. The molecule has 2 heteroatoms. The van der Waals surface area contributed by atoms with Gasteiger partial charge in [0.15, 0.2) is 0 Å². The second-order valence-electron chi connectivity index (χ2n) is 3.69. The molecule has 0 fully saturated rings. The largest absolute Gasteiger partial charge is 0.508 e. The summed E-state index contributed by atoms with van der Waals surface area (Å²) >= 11 is 0. The molecule has 0 aliphatic carbocycles. The van der Waals surface area contributed by atoms with Gasteiger partial charge >= 0.3 is 0 Å². The maximum Gasteiger partial charge on any atom is 0.138 e. The summed E-state index contributed by atoms with van der Waals surface area (Å²) in [7, 11) is 0. The van der Waals surface area contributed by atoms with Gasteiger partial charge < -0.3 is 9.52 Å². The highest BCUT2D eigenvalue weighted by molar-refractivity contribution is 5.95. The summed E-state index contributed by atoms with van der Waals surface area (Å²) < 4.78 is 5.30. The molecule has 78 valence electrons. The molecule has 0 bridgehead atoms. The fraction of sp³-hybridized carbons (Fsp3) is 0. The highest BCUT2D eigenvalue weighted by atomic mass is 16.3. The van der Waals surface area contributed by atoms with Gasteiger partial charge in [0.25, 0.3) is 0 Å². The van der Waals surface area contributed by atoms with Crippen molar-refractivity contribution in [3.8, 4) is 16.9 Å². The van der Waals surface area contributed by atoms with Gasteiger partial charge in [0, 0.05) is 11.5 Å². The number of fused-ring (bicyclic) bond motifs is 1. The van der Waals surface area contributed by atoms with Crippen molar-refractivity contribution in [3.05, 3.63) is 54.8 Å². The number of rotatable bonds is 1. The van der Waals surface area contributed by atoms with Crippen LogP contribution in [0.2, 0.25) is 0 Å². The van der Waals surface area contributed by atoms with Crippen LogP contribution in [0.4, 0.5) is 0 Å². The van der Waals surface area contributed by atoms with E-state index in [0.29, 0.717) is 5.58 Å². The van der Waals surface area contributed by atoms with E-state index >= 15 is 0 Å². The zero-order valence-corrected chi connectivity index (χ0v) is 8.55. The molecule has 0 radical (unpaired) electrons. The lowest BCUT2D eigenvalue weighted by atomic mass is 10.0. The third-order valence-electron chi connectivity index (χ3n) is 2.64. The molecule has 1 N–H and O–H groups in total. The highest BCUT2D eigenvalue weighted by Gasteiger charge is 2.07. The van der Waals surface area contributed by atoms with Gasteiger partial charge in [-0.1, -0.05) is 30.3 Å². The number of phenols is 1. The van der Waals surface area contributed by atoms with Crippen molar-refractivity contribution in [2.75, 3.05) is 0 Å². The van der Waals surface area contributed by atoms with Gasteiger partial charge in [-0.3, -0.25) is 0 Å². The summed E-state index contributed by atoms with van der Waals surface area (Å²) in [6.07, 6.45) is 1.64. The molecule has 1 heterocycles. The van der Waals surface area contributed by atoms with Crippen molar-refractivity contribution >= 4 is 11.0 Å². The molecule has 0 aliphatic heterocycles. The molecular formula is C14H10O2. The van der Waals surface area contributed by atoms with E-state index in [1.807, 2.05) is 36.4 Å². The van der Waals surface area contributed by atoms with E-state index in [1.165, 1.54) is 0 Å². The molecule has 2 nitrogen and oxygen atoms in total. The standard InChI is InChI=1S/C14H10O2/c15-11-8-13(10-4-2-1-3-5-10)12-6-7-16-14(12)9-11/h1-9,15H. The van der Waals surface area contributed by atoms with Crippen LogP contribution in [0.5, 0.6) is 5.75 Å². The maximum atomic E-state index is 9.63. The normalized spacial score (nSPS) is 10.8. The van der Waals surface area contributed by atoms with Crippen molar-refractivity contribution in [2.24, 2.45) is 0 Å². The average molecular weight is 210 g/mol. The lowest BCUT2D eigenvalue weighted by Gasteiger charge is -2.03. The Balaban J connectivity index is 2.34. The lowest BCUT2D eigenvalue weighted by molar-refractivity contribution is 0.474. The third-order valence-corrected chi connectivity index (χ3v) is 2.64. The molecular weight excluding hydrogens is 200 g/mol. The Morgan fingerprint density at radius 2 is 1.75 bits per heavy atom. The summed E-state index contributed by atoms with van der Waals surface area (Å²) in [5.41, 5.74) is 2.77. The topological polar surface area (TPSA) is 33.4 Å². The van der Waals surface area contributed by atoms with Gasteiger partial charge in [-0.25, -0.2) is 0 Å². The van der Waals surface area contributed by atoms with E-state index in [1.54, 1.807) is 18.4 Å². The Morgan fingerprint density at radius 3 is 2.56 bits per heavy atom. The van der Waals surface area contributed by atoms with E-state index < -0.39 is 0 Å². The fourth-order valence-electron chi connectivity index (χ4n) is 1.91. The minimum absolute atomic E-state index is 0.223. The number of phenolic OH excluding ortho intramolecular Hbond substituents is 1. The van der Waals surface area contributed by atoms with Crippen LogP contribution >= 0.6 is 0 Å². The van der Waals surface area contributed by atoms with Crippen molar-refractivity contribution < 1.29 is 9.52 Å². The van der Waals surface area contributed by atoms with Crippen LogP contribution < -0.4 is 0 Å². The van der Waals surface area contributed by atoms with Gasteiger partial charge in [-0.15, -0.1) is 0 Å². The first-order valence-electron chi connectivity index (χ1n) is 5.10. The van der Waals surface area contributed by atoms with Crippen LogP contribution in [-0.2, 0) is 0 Å². The number of benzene rings is 2. The molecule has 3 aromatic rings. The molecule has 0 saturated carbocycles. The lowest BCUT2D eigenvalue weighted by Crippen LogP contribution is -1.78. The second-order valence-corrected chi connectivity index (χ2v) is 3.69. The minimum atomic E-state index is 0.223. The summed E-state index contributed by atoms with van der Waals surface area (Å²) in [4.78, 5) is 0. The molecule has 0 unspecified atom stereocenters. The van der Waals surface area contributed by atoms with Crippen LogP contribution in [0.1, 0.15) is 0 Å². The van der Waals surface area contributed by atoms with Gasteiger partial charge in [0.05, 0.1) is 6.26 Å². The monoisotopic (exact) mass is 210 g/mol. The average Bonchev–Trinajstić information content (AvgIpc) is 2.77. The summed E-state index contributed by atoms with van der Waals surface area (Å²) in [6, 6.07) is 15.3. The molecule has 3 rings (SSSR count). The number of hydrogen-bond acceptors (Lipinski definition) is 2.